The van der Waals surface area contributed by atoms with Crippen LogP contribution in [-0.4, -0.2) is 62.6 Å². The Morgan fingerprint density at radius 1 is 1.33 bits per heavy atom. The number of nitrogens with zero attached hydrogens (tertiary/aromatic N) is 1. The standard InChI is InChI=1S/C11H26N2O2/c1-10(2)13(7-8-15-4)6-5-11(9-14)12-3/h10-12,14H,5-9H2,1-4H3. The normalized spacial score (nSPS) is 13.8. The molecule has 0 aromatic heterocycles. The molecule has 0 radical (unpaired) electrons. The van der Waals surface area contributed by atoms with Gasteiger partial charge in [-0.1, -0.05) is 0 Å². The highest BCUT2D eigenvalue weighted by atomic mass is 16.5. The van der Waals surface area contributed by atoms with Gasteiger partial charge in [0.1, 0.15) is 0 Å². The number of nitrogens with one attached hydrogen (secondary N) is 1. The minimum Gasteiger partial charge on any atom is -0.395 e. The van der Waals surface area contributed by atoms with Gasteiger partial charge in [-0.2, -0.15) is 0 Å². The predicted octanol–water partition coefficient (Wildman–Crippen LogP) is 0.314. The number of hydrogen-bond acceptors (Lipinski definition) is 4. The lowest BCUT2D eigenvalue weighted by atomic mass is 10.2. The van der Waals surface area contributed by atoms with E-state index in [0.717, 1.165) is 26.1 Å². The van der Waals surface area contributed by atoms with Crippen LogP contribution in [0.3, 0.4) is 0 Å². The van der Waals surface area contributed by atoms with Gasteiger partial charge in [-0.15, -0.1) is 0 Å². The highest BCUT2D eigenvalue weighted by molar-refractivity contribution is 4.69. The molecule has 92 valence electrons. The molecule has 0 aliphatic heterocycles. The molecule has 0 aliphatic carbocycles. The number of aliphatic hydroxyl groups is 1. The van der Waals surface area contributed by atoms with Crippen LogP contribution >= 0.6 is 0 Å². The van der Waals surface area contributed by atoms with E-state index in [1.165, 1.54) is 0 Å². The number of aliphatic hydroxyl groups excluding tert-OH is 1. The van der Waals surface area contributed by atoms with Gasteiger partial charge in [0.25, 0.3) is 0 Å². The van der Waals surface area contributed by atoms with E-state index in [9.17, 15) is 0 Å². The number of hydrogen-bond donors (Lipinski definition) is 2. The molecule has 0 bridgehead atoms. The van der Waals surface area contributed by atoms with Crippen molar-refractivity contribution in [2.75, 3.05) is 40.5 Å². The Balaban J connectivity index is 3.83. The fourth-order valence-corrected chi connectivity index (χ4v) is 1.49. The lowest BCUT2D eigenvalue weighted by Crippen LogP contribution is -2.39. The molecule has 15 heavy (non-hydrogen) atoms. The summed E-state index contributed by atoms with van der Waals surface area (Å²) in [7, 11) is 3.61. The Bertz CT molecular complexity index is 139. The fraction of sp³-hybridized carbons (Fsp3) is 1.00. The van der Waals surface area contributed by atoms with Gasteiger partial charge < -0.3 is 15.2 Å². The average Bonchev–Trinajstić information content (AvgIpc) is 2.23. The lowest BCUT2D eigenvalue weighted by Gasteiger charge is -2.27. The van der Waals surface area contributed by atoms with E-state index in [1.54, 1.807) is 7.11 Å². The van der Waals surface area contributed by atoms with Crippen LogP contribution in [0.2, 0.25) is 0 Å². The molecule has 0 heterocycles. The van der Waals surface area contributed by atoms with Crippen LogP contribution < -0.4 is 5.32 Å². The molecule has 2 N–H and O–H groups in total. The largest absolute Gasteiger partial charge is 0.395 e. The number of methoxy groups -OCH3 is 1. The molecule has 0 saturated carbocycles. The minimum atomic E-state index is 0.201. The Morgan fingerprint density at radius 2 is 2.00 bits per heavy atom. The van der Waals surface area contributed by atoms with E-state index >= 15 is 0 Å². The lowest BCUT2D eigenvalue weighted by molar-refractivity contribution is 0.122. The topological polar surface area (TPSA) is 44.7 Å². The molecule has 0 rings (SSSR count). The summed E-state index contributed by atoms with van der Waals surface area (Å²) < 4.78 is 5.08. The van der Waals surface area contributed by atoms with Gasteiger partial charge >= 0.3 is 0 Å². The van der Waals surface area contributed by atoms with Crippen molar-refractivity contribution in [1.82, 2.24) is 10.2 Å². The molecule has 0 amide bonds. The number of rotatable bonds is 9. The second-order valence-electron chi connectivity index (χ2n) is 4.08. The molecule has 0 spiro atoms. The summed E-state index contributed by atoms with van der Waals surface area (Å²) in [6.45, 7) is 7.28. The van der Waals surface area contributed by atoms with Gasteiger partial charge in [-0.25, -0.2) is 0 Å². The van der Waals surface area contributed by atoms with E-state index in [-0.39, 0.29) is 12.6 Å². The molecular weight excluding hydrogens is 192 g/mol. The molecule has 0 aromatic rings. The van der Waals surface area contributed by atoms with E-state index in [2.05, 4.69) is 24.1 Å². The van der Waals surface area contributed by atoms with Gasteiger partial charge in [0, 0.05) is 32.3 Å². The zero-order valence-corrected chi connectivity index (χ0v) is 10.5. The second kappa shape index (κ2) is 9.09. The van der Waals surface area contributed by atoms with Crippen LogP contribution in [0.25, 0.3) is 0 Å². The SMILES string of the molecule is CNC(CO)CCN(CCOC)C(C)C. The third-order valence-corrected chi connectivity index (χ3v) is 2.71. The Kier molecular flexibility index (Phi) is 9.00. The first-order valence-electron chi connectivity index (χ1n) is 5.66. The van der Waals surface area contributed by atoms with Crippen LogP contribution in [0.5, 0.6) is 0 Å². The maximum atomic E-state index is 9.05. The summed E-state index contributed by atoms with van der Waals surface area (Å²) in [5.74, 6) is 0. The van der Waals surface area contributed by atoms with E-state index in [4.69, 9.17) is 9.84 Å². The maximum Gasteiger partial charge on any atom is 0.0589 e. The van der Waals surface area contributed by atoms with Gasteiger partial charge in [0.2, 0.25) is 0 Å². The predicted molar refractivity (Wildman–Crippen MR) is 63.1 cm³/mol. The van der Waals surface area contributed by atoms with E-state index in [1.807, 2.05) is 7.05 Å². The molecule has 0 aromatic carbocycles. The molecule has 1 unspecified atom stereocenters. The molecule has 0 fully saturated rings. The first-order chi connectivity index (χ1) is 7.15. The average molecular weight is 218 g/mol. The Hall–Kier alpha value is -0.160. The Morgan fingerprint density at radius 3 is 2.40 bits per heavy atom. The summed E-state index contributed by atoms with van der Waals surface area (Å²) in [6, 6.07) is 0.727. The van der Waals surface area contributed by atoms with Crippen LogP contribution in [-0.2, 0) is 4.74 Å². The fourth-order valence-electron chi connectivity index (χ4n) is 1.49. The molecule has 4 nitrogen and oxygen atoms in total. The summed E-state index contributed by atoms with van der Waals surface area (Å²) in [5, 5.41) is 12.1. The zero-order valence-electron chi connectivity index (χ0n) is 10.5. The van der Waals surface area contributed by atoms with Crippen LogP contribution in [0.1, 0.15) is 20.3 Å². The second-order valence-corrected chi connectivity index (χ2v) is 4.08. The Labute approximate surface area is 93.6 Å². The molecule has 1 atom stereocenters. The minimum absolute atomic E-state index is 0.201. The summed E-state index contributed by atoms with van der Waals surface area (Å²) in [4.78, 5) is 2.36. The molecule has 0 saturated heterocycles. The molecular formula is C11H26N2O2. The molecule has 0 aliphatic rings. The highest BCUT2D eigenvalue weighted by Gasteiger charge is 2.11. The first kappa shape index (κ1) is 14.8. The van der Waals surface area contributed by atoms with Crippen molar-refractivity contribution in [2.24, 2.45) is 0 Å². The smallest absolute Gasteiger partial charge is 0.0589 e. The van der Waals surface area contributed by atoms with Crippen LogP contribution in [0.15, 0.2) is 0 Å². The van der Waals surface area contributed by atoms with Crippen molar-refractivity contribution in [1.29, 1.82) is 0 Å². The summed E-state index contributed by atoms with van der Waals surface area (Å²) >= 11 is 0. The van der Waals surface area contributed by atoms with Crippen molar-refractivity contribution in [3.63, 3.8) is 0 Å². The third kappa shape index (κ3) is 6.84. The van der Waals surface area contributed by atoms with Gasteiger partial charge in [0.05, 0.1) is 13.2 Å². The van der Waals surface area contributed by atoms with Crippen molar-refractivity contribution in [3.8, 4) is 0 Å². The highest BCUT2D eigenvalue weighted by Crippen LogP contribution is 2.01. The van der Waals surface area contributed by atoms with Gasteiger partial charge in [-0.05, 0) is 27.3 Å². The monoisotopic (exact) mass is 218 g/mol. The van der Waals surface area contributed by atoms with Crippen molar-refractivity contribution < 1.29 is 9.84 Å². The third-order valence-electron chi connectivity index (χ3n) is 2.71. The van der Waals surface area contributed by atoms with Crippen LogP contribution in [0, 0.1) is 0 Å². The van der Waals surface area contributed by atoms with E-state index < -0.39 is 0 Å². The maximum absolute atomic E-state index is 9.05. The van der Waals surface area contributed by atoms with Gasteiger partial charge in [0.15, 0.2) is 0 Å². The van der Waals surface area contributed by atoms with Crippen LogP contribution in [0.4, 0.5) is 0 Å². The molecule has 4 heteroatoms. The quantitative estimate of drug-likeness (QED) is 0.585. The zero-order chi connectivity index (χ0) is 11.7. The number of ether oxygens (including phenoxy) is 1. The van der Waals surface area contributed by atoms with Gasteiger partial charge in [-0.3, -0.25) is 4.90 Å². The van der Waals surface area contributed by atoms with Crippen molar-refractivity contribution in [2.45, 2.75) is 32.4 Å². The van der Waals surface area contributed by atoms with E-state index in [0.29, 0.717) is 6.04 Å². The van der Waals surface area contributed by atoms with Crippen molar-refractivity contribution in [3.05, 3.63) is 0 Å². The number of likely N-dealkylation sites (N-methyl/N-ethyl adjacent to an activating group) is 1. The summed E-state index contributed by atoms with van der Waals surface area (Å²) in [6.07, 6.45) is 0.967. The summed E-state index contributed by atoms with van der Waals surface area (Å²) in [5.41, 5.74) is 0. The first-order valence-corrected chi connectivity index (χ1v) is 5.66. The van der Waals surface area contributed by atoms with Crippen molar-refractivity contribution >= 4 is 0 Å².